The number of anilines is 1. The summed E-state index contributed by atoms with van der Waals surface area (Å²) < 4.78 is 0. The summed E-state index contributed by atoms with van der Waals surface area (Å²) in [5, 5.41) is 0. The summed E-state index contributed by atoms with van der Waals surface area (Å²) in [6.07, 6.45) is 7.69. The molecule has 2 aliphatic rings. The summed E-state index contributed by atoms with van der Waals surface area (Å²) in [4.78, 5) is 17.0. The van der Waals surface area contributed by atoms with Crippen LogP contribution in [0.5, 0.6) is 0 Å². The summed E-state index contributed by atoms with van der Waals surface area (Å²) in [6, 6.07) is 10.7. The SMILES string of the molecule is CN(CC(=O)N1CCCC2CCCCC21)c1ccccc1. The molecule has 1 aromatic rings. The number of amides is 1. The zero-order valence-electron chi connectivity index (χ0n) is 13.0. The Morgan fingerprint density at radius 1 is 1.14 bits per heavy atom. The number of fused-ring (bicyclic) bond motifs is 1. The Labute approximate surface area is 127 Å². The van der Waals surface area contributed by atoms with Crippen molar-refractivity contribution in [3.63, 3.8) is 0 Å². The fourth-order valence-corrected chi connectivity index (χ4v) is 4.00. The number of nitrogens with zero attached hydrogens (tertiary/aromatic N) is 2. The monoisotopic (exact) mass is 286 g/mol. The molecule has 1 aromatic carbocycles. The van der Waals surface area contributed by atoms with Crippen LogP contribution in [0.15, 0.2) is 30.3 Å². The van der Waals surface area contributed by atoms with E-state index in [2.05, 4.69) is 21.9 Å². The molecule has 3 rings (SSSR count). The predicted octanol–water partition coefficient (Wildman–Crippen LogP) is 3.30. The lowest BCUT2D eigenvalue weighted by molar-refractivity contribution is -0.135. The molecule has 1 aliphatic carbocycles. The number of carbonyl (C=O) groups excluding carboxylic acids is 1. The Balaban J connectivity index is 1.64. The van der Waals surface area contributed by atoms with E-state index in [0.717, 1.165) is 18.2 Å². The van der Waals surface area contributed by atoms with Crippen molar-refractivity contribution in [3.05, 3.63) is 30.3 Å². The molecule has 1 aliphatic heterocycles. The van der Waals surface area contributed by atoms with Gasteiger partial charge in [0, 0.05) is 25.3 Å². The Morgan fingerprint density at radius 2 is 1.86 bits per heavy atom. The van der Waals surface area contributed by atoms with E-state index in [4.69, 9.17) is 0 Å². The van der Waals surface area contributed by atoms with Gasteiger partial charge in [0.15, 0.2) is 0 Å². The lowest BCUT2D eigenvalue weighted by Gasteiger charge is -2.44. The van der Waals surface area contributed by atoms with Gasteiger partial charge < -0.3 is 9.80 Å². The second-order valence-electron chi connectivity index (χ2n) is 6.53. The van der Waals surface area contributed by atoms with Crippen molar-refractivity contribution in [2.75, 3.05) is 25.0 Å². The molecule has 3 heteroatoms. The van der Waals surface area contributed by atoms with Gasteiger partial charge in [-0.05, 0) is 43.7 Å². The van der Waals surface area contributed by atoms with Gasteiger partial charge in [0.25, 0.3) is 0 Å². The van der Waals surface area contributed by atoms with Crippen LogP contribution in [0.2, 0.25) is 0 Å². The second-order valence-corrected chi connectivity index (χ2v) is 6.53. The average Bonchev–Trinajstić information content (AvgIpc) is 2.55. The minimum absolute atomic E-state index is 0.304. The number of likely N-dealkylation sites (tertiary alicyclic amines) is 1. The van der Waals surface area contributed by atoms with Crippen LogP contribution in [0, 0.1) is 5.92 Å². The van der Waals surface area contributed by atoms with E-state index >= 15 is 0 Å². The van der Waals surface area contributed by atoms with Gasteiger partial charge in [0.2, 0.25) is 5.91 Å². The van der Waals surface area contributed by atoms with Crippen LogP contribution in [0.1, 0.15) is 38.5 Å². The summed E-state index contributed by atoms with van der Waals surface area (Å²) in [5.74, 6) is 1.07. The van der Waals surface area contributed by atoms with Crippen molar-refractivity contribution >= 4 is 11.6 Å². The molecule has 1 amide bonds. The van der Waals surface area contributed by atoms with Crippen LogP contribution < -0.4 is 4.90 Å². The van der Waals surface area contributed by atoms with Gasteiger partial charge in [-0.3, -0.25) is 4.79 Å². The molecule has 114 valence electrons. The minimum Gasteiger partial charge on any atom is -0.365 e. The third kappa shape index (κ3) is 3.22. The number of rotatable bonds is 3. The molecule has 0 aromatic heterocycles. The van der Waals surface area contributed by atoms with E-state index in [9.17, 15) is 4.79 Å². The fraction of sp³-hybridized carbons (Fsp3) is 0.611. The maximum atomic E-state index is 12.7. The third-order valence-electron chi connectivity index (χ3n) is 5.13. The van der Waals surface area contributed by atoms with E-state index in [0.29, 0.717) is 18.5 Å². The van der Waals surface area contributed by atoms with Gasteiger partial charge >= 0.3 is 0 Å². The number of piperidine rings is 1. The van der Waals surface area contributed by atoms with Crippen LogP contribution in [-0.4, -0.2) is 37.0 Å². The Morgan fingerprint density at radius 3 is 2.67 bits per heavy atom. The molecule has 0 N–H and O–H groups in total. The zero-order chi connectivity index (χ0) is 14.7. The molecule has 0 bridgehead atoms. The van der Waals surface area contributed by atoms with E-state index in [1.165, 1.54) is 38.5 Å². The molecule has 21 heavy (non-hydrogen) atoms. The molecule has 1 heterocycles. The Bertz CT molecular complexity index is 471. The van der Waals surface area contributed by atoms with Gasteiger partial charge in [0.1, 0.15) is 0 Å². The second kappa shape index (κ2) is 6.50. The Kier molecular flexibility index (Phi) is 4.47. The first-order valence-electron chi connectivity index (χ1n) is 8.31. The number of carbonyl (C=O) groups is 1. The first-order chi connectivity index (χ1) is 10.3. The molecule has 1 saturated carbocycles. The summed E-state index contributed by atoms with van der Waals surface area (Å²) in [5.41, 5.74) is 1.11. The maximum Gasteiger partial charge on any atom is 0.242 e. The molecule has 2 atom stereocenters. The highest BCUT2D eigenvalue weighted by atomic mass is 16.2. The van der Waals surface area contributed by atoms with Gasteiger partial charge in [-0.2, -0.15) is 0 Å². The van der Waals surface area contributed by atoms with Crippen molar-refractivity contribution < 1.29 is 4.79 Å². The molecule has 2 fully saturated rings. The number of benzene rings is 1. The fourth-order valence-electron chi connectivity index (χ4n) is 4.00. The van der Waals surface area contributed by atoms with Gasteiger partial charge in [-0.1, -0.05) is 31.0 Å². The molecular formula is C18H26N2O. The van der Waals surface area contributed by atoms with Crippen LogP contribution >= 0.6 is 0 Å². The van der Waals surface area contributed by atoms with Crippen LogP contribution in [0.3, 0.4) is 0 Å². The van der Waals surface area contributed by atoms with E-state index in [-0.39, 0.29) is 0 Å². The van der Waals surface area contributed by atoms with Crippen LogP contribution in [-0.2, 0) is 4.79 Å². The lowest BCUT2D eigenvalue weighted by Crippen LogP contribution is -2.52. The Hall–Kier alpha value is -1.51. The summed E-state index contributed by atoms with van der Waals surface area (Å²) >= 11 is 0. The maximum absolute atomic E-state index is 12.7. The number of para-hydroxylation sites is 1. The zero-order valence-corrected chi connectivity index (χ0v) is 13.0. The topological polar surface area (TPSA) is 23.6 Å². The molecular weight excluding hydrogens is 260 g/mol. The quantitative estimate of drug-likeness (QED) is 0.851. The molecule has 2 unspecified atom stereocenters. The number of likely N-dealkylation sites (N-methyl/N-ethyl adjacent to an activating group) is 1. The van der Waals surface area contributed by atoms with Crippen molar-refractivity contribution in [1.29, 1.82) is 0 Å². The predicted molar refractivity (Wildman–Crippen MR) is 86.4 cm³/mol. The highest BCUT2D eigenvalue weighted by Crippen LogP contribution is 2.35. The summed E-state index contributed by atoms with van der Waals surface area (Å²) in [7, 11) is 2.01. The average molecular weight is 286 g/mol. The van der Waals surface area contributed by atoms with Crippen molar-refractivity contribution in [3.8, 4) is 0 Å². The van der Waals surface area contributed by atoms with Gasteiger partial charge in [-0.15, -0.1) is 0 Å². The van der Waals surface area contributed by atoms with Crippen molar-refractivity contribution in [1.82, 2.24) is 4.90 Å². The molecule has 0 spiro atoms. The van der Waals surface area contributed by atoms with Gasteiger partial charge in [0.05, 0.1) is 6.54 Å². The van der Waals surface area contributed by atoms with Crippen LogP contribution in [0.4, 0.5) is 5.69 Å². The molecule has 1 saturated heterocycles. The largest absolute Gasteiger partial charge is 0.365 e. The first kappa shape index (κ1) is 14.4. The highest BCUT2D eigenvalue weighted by molar-refractivity contribution is 5.81. The van der Waals surface area contributed by atoms with E-state index < -0.39 is 0 Å². The minimum atomic E-state index is 0.304. The van der Waals surface area contributed by atoms with Crippen LogP contribution in [0.25, 0.3) is 0 Å². The lowest BCUT2D eigenvalue weighted by atomic mass is 9.78. The number of hydrogen-bond donors (Lipinski definition) is 0. The standard InChI is InChI=1S/C18H26N2O/c1-19(16-10-3-2-4-11-16)14-18(21)20-13-7-9-15-8-5-6-12-17(15)20/h2-4,10-11,15,17H,5-9,12-14H2,1H3. The van der Waals surface area contributed by atoms with Crippen molar-refractivity contribution in [2.24, 2.45) is 5.92 Å². The molecule has 0 radical (unpaired) electrons. The van der Waals surface area contributed by atoms with Gasteiger partial charge in [-0.25, -0.2) is 0 Å². The van der Waals surface area contributed by atoms with E-state index in [1.807, 2.05) is 25.2 Å². The first-order valence-corrected chi connectivity index (χ1v) is 8.31. The number of hydrogen-bond acceptors (Lipinski definition) is 2. The highest BCUT2D eigenvalue weighted by Gasteiger charge is 2.35. The van der Waals surface area contributed by atoms with Crippen molar-refractivity contribution in [2.45, 2.75) is 44.6 Å². The van der Waals surface area contributed by atoms with E-state index in [1.54, 1.807) is 0 Å². The smallest absolute Gasteiger partial charge is 0.242 e. The summed E-state index contributed by atoms with van der Waals surface area (Å²) in [6.45, 7) is 1.45. The molecule has 3 nitrogen and oxygen atoms in total. The normalized spacial score (nSPS) is 25.3. The third-order valence-corrected chi connectivity index (χ3v) is 5.13.